The van der Waals surface area contributed by atoms with Crippen LogP contribution in [0.4, 0.5) is 0 Å². The van der Waals surface area contributed by atoms with E-state index >= 15 is 0 Å². The minimum atomic E-state index is -0.256. The molecule has 0 aliphatic heterocycles. The fraction of sp³-hybridized carbons (Fsp3) is 0.389. The summed E-state index contributed by atoms with van der Waals surface area (Å²) in [6.45, 7) is 0.651. The Labute approximate surface area is 144 Å². The number of nitrogens with one attached hydrogen (secondary N) is 1. The molecule has 3 atom stereocenters. The third-order valence-corrected chi connectivity index (χ3v) is 5.80. The van der Waals surface area contributed by atoms with Crippen LogP contribution >= 0.6 is 11.3 Å². The second-order valence-electron chi connectivity index (χ2n) is 6.54. The van der Waals surface area contributed by atoms with Crippen LogP contribution in [0.3, 0.4) is 0 Å². The Kier molecular flexibility index (Phi) is 4.06. The summed E-state index contributed by atoms with van der Waals surface area (Å²) < 4.78 is 1.24. The van der Waals surface area contributed by atoms with Crippen molar-refractivity contribution in [2.75, 3.05) is 6.54 Å². The van der Waals surface area contributed by atoms with E-state index in [9.17, 15) is 9.59 Å². The molecule has 2 bridgehead atoms. The zero-order chi connectivity index (χ0) is 16.5. The second-order valence-corrected chi connectivity index (χ2v) is 7.48. The highest BCUT2D eigenvalue weighted by Gasteiger charge is 2.35. The van der Waals surface area contributed by atoms with Crippen LogP contribution in [0.25, 0.3) is 10.6 Å². The molecule has 2 aliphatic rings. The molecule has 4 rings (SSSR count). The number of hydrogen-bond acceptors (Lipinski definition) is 4. The van der Waals surface area contributed by atoms with Crippen LogP contribution in [0, 0.1) is 17.8 Å². The van der Waals surface area contributed by atoms with Gasteiger partial charge in [0.15, 0.2) is 0 Å². The van der Waals surface area contributed by atoms with Gasteiger partial charge >= 0.3 is 0 Å². The lowest BCUT2D eigenvalue weighted by molar-refractivity contribution is -0.122. The van der Waals surface area contributed by atoms with E-state index in [0.717, 1.165) is 17.0 Å². The molecule has 124 valence electrons. The highest BCUT2D eigenvalue weighted by molar-refractivity contribution is 7.13. The van der Waals surface area contributed by atoms with Crippen LogP contribution in [-0.4, -0.2) is 22.2 Å². The summed E-state index contributed by atoms with van der Waals surface area (Å²) in [5.41, 5.74) is 0.462. The molecule has 0 unspecified atom stereocenters. The van der Waals surface area contributed by atoms with Gasteiger partial charge in [-0.15, -0.1) is 11.3 Å². The van der Waals surface area contributed by atoms with Gasteiger partial charge in [-0.2, -0.15) is 5.10 Å². The number of allylic oxidation sites excluding steroid dienone is 2. The normalized spacial score (nSPS) is 24.4. The van der Waals surface area contributed by atoms with Crippen molar-refractivity contribution < 1.29 is 4.79 Å². The van der Waals surface area contributed by atoms with E-state index in [2.05, 4.69) is 22.6 Å². The maximum atomic E-state index is 12.2. The Morgan fingerprint density at radius 2 is 2.21 bits per heavy atom. The molecule has 0 spiro atoms. The first kappa shape index (κ1) is 15.3. The third kappa shape index (κ3) is 3.06. The summed E-state index contributed by atoms with van der Waals surface area (Å²) in [6, 6.07) is 7.05. The minimum absolute atomic E-state index is 0.0330. The standard InChI is InChI=1S/C18H19N3O2S/c22-17(19-10-14-9-12-3-4-13(14)8-12)11-21-18(23)6-5-15(20-21)16-2-1-7-24-16/h1-7,12-14H,8-11H2,(H,19,22)/t12-,13+,14+/m0/s1. The van der Waals surface area contributed by atoms with Crippen LogP contribution < -0.4 is 10.9 Å². The number of hydrogen-bond donors (Lipinski definition) is 1. The monoisotopic (exact) mass is 341 g/mol. The molecule has 24 heavy (non-hydrogen) atoms. The van der Waals surface area contributed by atoms with Gasteiger partial charge < -0.3 is 5.32 Å². The Morgan fingerprint density at radius 3 is 2.92 bits per heavy atom. The molecule has 2 heterocycles. The number of nitrogens with zero attached hydrogens (tertiary/aromatic N) is 2. The zero-order valence-electron chi connectivity index (χ0n) is 13.2. The molecular formula is C18H19N3O2S. The van der Waals surface area contributed by atoms with Gasteiger partial charge in [-0.3, -0.25) is 9.59 Å². The summed E-state index contributed by atoms with van der Waals surface area (Å²) in [5.74, 6) is 1.69. The van der Waals surface area contributed by atoms with E-state index in [4.69, 9.17) is 0 Å². The summed E-state index contributed by atoms with van der Waals surface area (Å²) in [6.07, 6.45) is 6.96. The van der Waals surface area contributed by atoms with Gasteiger partial charge in [0.2, 0.25) is 5.91 Å². The van der Waals surface area contributed by atoms with Gasteiger partial charge in [0.05, 0.1) is 4.88 Å². The first-order valence-corrected chi connectivity index (χ1v) is 9.14. The van der Waals surface area contributed by atoms with Crippen molar-refractivity contribution in [2.45, 2.75) is 19.4 Å². The molecule has 5 nitrogen and oxygen atoms in total. The molecule has 0 saturated heterocycles. The topological polar surface area (TPSA) is 64.0 Å². The van der Waals surface area contributed by atoms with Crippen LogP contribution in [-0.2, 0) is 11.3 Å². The third-order valence-electron chi connectivity index (χ3n) is 4.91. The molecule has 2 aromatic heterocycles. The first-order valence-electron chi connectivity index (χ1n) is 8.26. The average molecular weight is 341 g/mol. The lowest BCUT2D eigenvalue weighted by atomic mass is 9.94. The Balaban J connectivity index is 1.39. The number of fused-ring (bicyclic) bond motifs is 2. The van der Waals surface area contributed by atoms with Gasteiger partial charge in [0.1, 0.15) is 12.2 Å². The van der Waals surface area contributed by atoms with Gasteiger partial charge in [0, 0.05) is 12.6 Å². The predicted octanol–water partition coefficient (Wildman–Crippen LogP) is 2.30. The summed E-state index contributed by atoms with van der Waals surface area (Å²) in [5, 5.41) is 9.25. The SMILES string of the molecule is O=C(Cn1nc(-c2cccs2)ccc1=O)NC[C@H]1C[C@H]2C=C[C@@H]1C2. The molecule has 0 radical (unpaired) electrons. The van der Waals surface area contributed by atoms with Crippen molar-refractivity contribution >= 4 is 17.2 Å². The van der Waals surface area contributed by atoms with Crippen molar-refractivity contribution in [1.82, 2.24) is 15.1 Å². The van der Waals surface area contributed by atoms with Crippen molar-refractivity contribution in [3.05, 3.63) is 52.2 Å². The van der Waals surface area contributed by atoms with Crippen molar-refractivity contribution in [1.29, 1.82) is 0 Å². The molecule has 1 amide bonds. The highest BCUT2D eigenvalue weighted by atomic mass is 32.1. The van der Waals surface area contributed by atoms with Crippen molar-refractivity contribution in [2.24, 2.45) is 17.8 Å². The van der Waals surface area contributed by atoms with Crippen LogP contribution in [0.2, 0.25) is 0 Å². The molecule has 2 aromatic rings. The van der Waals surface area contributed by atoms with Gasteiger partial charge in [-0.25, -0.2) is 4.68 Å². The van der Waals surface area contributed by atoms with E-state index in [-0.39, 0.29) is 18.0 Å². The number of carbonyl (C=O) groups excluding carboxylic acids is 1. The van der Waals surface area contributed by atoms with Crippen molar-refractivity contribution in [3.8, 4) is 10.6 Å². The summed E-state index contributed by atoms with van der Waals surface area (Å²) in [7, 11) is 0. The molecular weight excluding hydrogens is 322 g/mol. The average Bonchev–Trinajstić information content (AvgIpc) is 3.32. The molecule has 1 fully saturated rings. The van der Waals surface area contributed by atoms with E-state index in [1.165, 1.54) is 17.2 Å². The van der Waals surface area contributed by atoms with Crippen molar-refractivity contribution in [3.63, 3.8) is 0 Å². The maximum Gasteiger partial charge on any atom is 0.267 e. The zero-order valence-corrected chi connectivity index (χ0v) is 14.0. The fourth-order valence-corrected chi connectivity index (χ4v) is 4.37. The van der Waals surface area contributed by atoms with Crippen LogP contribution in [0.15, 0.2) is 46.6 Å². The molecule has 6 heteroatoms. The van der Waals surface area contributed by atoms with Crippen LogP contribution in [0.1, 0.15) is 12.8 Å². The molecule has 0 aromatic carbocycles. The highest BCUT2D eigenvalue weighted by Crippen LogP contribution is 2.42. The first-order chi connectivity index (χ1) is 11.7. The molecule has 1 N–H and O–H groups in total. The molecule has 2 aliphatic carbocycles. The number of rotatable bonds is 5. The summed E-state index contributed by atoms with van der Waals surface area (Å²) >= 11 is 1.56. The lowest BCUT2D eigenvalue weighted by Crippen LogP contribution is -2.36. The Hall–Kier alpha value is -2.21. The molecule has 1 saturated carbocycles. The largest absolute Gasteiger partial charge is 0.354 e. The Bertz CT molecular complexity index is 825. The predicted molar refractivity (Wildman–Crippen MR) is 93.7 cm³/mol. The van der Waals surface area contributed by atoms with Crippen LogP contribution in [0.5, 0.6) is 0 Å². The second kappa shape index (κ2) is 6.36. The number of carbonyl (C=O) groups is 1. The maximum absolute atomic E-state index is 12.2. The number of thiophene rings is 1. The van der Waals surface area contributed by atoms with E-state index < -0.39 is 0 Å². The Morgan fingerprint density at radius 1 is 1.29 bits per heavy atom. The lowest BCUT2D eigenvalue weighted by Gasteiger charge is -2.18. The quantitative estimate of drug-likeness (QED) is 0.849. The van der Waals surface area contributed by atoms with E-state index in [1.54, 1.807) is 17.4 Å². The minimum Gasteiger partial charge on any atom is -0.354 e. The van der Waals surface area contributed by atoms with Gasteiger partial charge in [-0.05, 0) is 48.1 Å². The van der Waals surface area contributed by atoms with Gasteiger partial charge in [-0.1, -0.05) is 18.2 Å². The van der Waals surface area contributed by atoms with E-state index in [0.29, 0.717) is 24.3 Å². The van der Waals surface area contributed by atoms with E-state index in [1.807, 2.05) is 17.5 Å². The summed E-state index contributed by atoms with van der Waals surface area (Å²) in [4.78, 5) is 25.1. The fourth-order valence-electron chi connectivity index (χ4n) is 3.68. The number of amides is 1. The number of aromatic nitrogens is 2. The van der Waals surface area contributed by atoms with Gasteiger partial charge in [0.25, 0.3) is 5.56 Å². The smallest absolute Gasteiger partial charge is 0.267 e.